The summed E-state index contributed by atoms with van der Waals surface area (Å²) in [6.07, 6.45) is 1.70. The van der Waals surface area contributed by atoms with Crippen molar-refractivity contribution in [3.63, 3.8) is 0 Å². The van der Waals surface area contributed by atoms with Crippen molar-refractivity contribution in [2.24, 2.45) is 0 Å². The topological polar surface area (TPSA) is 87.5 Å². The SMILES string of the molecule is CCOC(=O)c1csc2ncn(C(CC)C(=O)OCC)c(=O)c12. The molecule has 0 saturated carbocycles. The van der Waals surface area contributed by atoms with Crippen molar-refractivity contribution >= 4 is 33.5 Å². The molecular formula is C15H18N2O5S. The normalized spacial score (nSPS) is 12.1. The Bertz CT molecular complexity index is 780. The predicted molar refractivity (Wildman–Crippen MR) is 85.8 cm³/mol. The van der Waals surface area contributed by atoms with Crippen LogP contribution in [-0.4, -0.2) is 34.7 Å². The highest BCUT2D eigenvalue weighted by molar-refractivity contribution is 7.17. The second-order valence-electron chi connectivity index (χ2n) is 4.68. The van der Waals surface area contributed by atoms with Crippen LogP contribution in [0.3, 0.4) is 0 Å². The number of ether oxygens (including phenoxy) is 2. The second-order valence-corrected chi connectivity index (χ2v) is 5.54. The molecule has 0 bridgehead atoms. The van der Waals surface area contributed by atoms with Crippen molar-refractivity contribution in [1.29, 1.82) is 0 Å². The van der Waals surface area contributed by atoms with Crippen LogP contribution in [0.1, 0.15) is 43.6 Å². The van der Waals surface area contributed by atoms with Crippen LogP contribution < -0.4 is 5.56 Å². The first-order chi connectivity index (χ1) is 11.0. The monoisotopic (exact) mass is 338 g/mol. The molecule has 1 atom stereocenters. The van der Waals surface area contributed by atoms with Crippen LogP contribution in [0.25, 0.3) is 10.2 Å². The number of carbonyl (C=O) groups is 2. The average Bonchev–Trinajstić information content (AvgIpc) is 2.95. The zero-order valence-corrected chi connectivity index (χ0v) is 14.0. The number of fused-ring (bicyclic) bond motifs is 1. The van der Waals surface area contributed by atoms with Crippen molar-refractivity contribution < 1.29 is 19.1 Å². The van der Waals surface area contributed by atoms with Crippen LogP contribution in [0.2, 0.25) is 0 Å². The Morgan fingerprint density at radius 1 is 1.26 bits per heavy atom. The number of carbonyl (C=O) groups excluding carboxylic acids is 2. The summed E-state index contributed by atoms with van der Waals surface area (Å²) >= 11 is 1.19. The minimum absolute atomic E-state index is 0.178. The van der Waals surface area contributed by atoms with Gasteiger partial charge in [-0.05, 0) is 20.3 Å². The molecule has 2 aromatic rings. The van der Waals surface area contributed by atoms with Crippen LogP contribution in [0.5, 0.6) is 0 Å². The van der Waals surface area contributed by atoms with Crippen molar-refractivity contribution in [2.75, 3.05) is 13.2 Å². The Balaban J connectivity index is 2.57. The summed E-state index contributed by atoms with van der Waals surface area (Å²) in [5.41, 5.74) is -0.267. The molecule has 0 fully saturated rings. The largest absolute Gasteiger partial charge is 0.464 e. The number of hydrogen-bond acceptors (Lipinski definition) is 7. The summed E-state index contributed by atoms with van der Waals surface area (Å²) in [5, 5.41) is 1.73. The molecule has 0 amide bonds. The van der Waals surface area contributed by atoms with Gasteiger partial charge in [0, 0.05) is 5.38 Å². The van der Waals surface area contributed by atoms with E-state index in [1.54, 1.807) is 26.2 Å². The van der Waals surface area contributed by atoms with Crippen molar-refractivity contribution in [2.45, 2.75) is 33.2 Å². The first-order valence-electron chi connectivity index (χ1n) is 7.37. The van der Waals surface area contributed by atoms with Crippen LogP contribution in [-0.2, 0) is 14.3 Å². The van der Waals surface area contributed by atoms with E-state index in [0.717, 1.165) is 0 Å². The van der Waals surface area contributed by atoms with E-state index in [9.17, 15) is 14.4 Å². The van der Waals surface area contributed by atoms with Crippen molar-refractivity contribution in [3.8, 4) is 0 Å². The van der Waals surface area contributed by atoms with Crippen LogP contribution in [0.4, 0.5) is 0 Å². The van der Waals surface area contributed by atoms with E-state index in [0.29, 0.717) is 11.3 Å². The van der Waals surface area contributed by atoms with Crippen molar-refractivity contribution in [3.05, 3.63) is 27.6 Å². The predicted octanol–water partition coefficient (Wildman–Crippen LogP) is 2.15. The molecule has 0 N–H and O–H groups in total. The third-order valence-corrected chi connectivity index (χ3v) is 4.18. The van der Waals surface area contributed by atoms with E-state index in [1.807, 2.05) is 0 Å². The molecular weight excluding hydrogens is 320 g/mol. The van der Waals surface area contributed by atoms with Gasteiger partial charge in [-0.3, -0.25) is 9.36 Å². The molecule has 7 nitrogen and oxygen atoms in total. The maximum absolute atomic E-state index is 12.7. The number of nitrogens with zero attached hydrogens (tertiary/aromatic N) is 2. The van der Waals surface area contributed by atoms with Gasteiger partial charge in [0.05, 0.1) is 30.5 Å². The number of esters is 2. The highest BCUT2D eigenvalue weighted by atomic mass is 32.1. The van der Waals surface area contributed by atoms with E-state index in [1.165, 1.54) is 22.2 Å². The van der Waals surface area contributed by atoms with E-state index in [2.05, 4.69) is 4.98 Å². The minimum atomic E-state index is -0.769. The van der Waals surface area contributed by atoms with Gasteiger partial charge in [-0.25, -0.2) is 14.6 Å². The van der Waals surface area contributed by atoms with Crippen LogP contribution in [0, 0.1) is 0 Å². The second kappa shape index (κ2) is 7.36. The molecule has 0 aliphatic carbocycles. The van der Waals surface area contributed by atoms with E-state index < -0.39 is 23.5 Å². The molecule has 8 heteroatoms. The van der Waals surface area contributed by atoms with Gasteiger partial charge in [-0.2, -0.15) is 0 Å². The van der Waals surface area contributed by atoms with Gasteiger partial charge in [-0.15, -0.1) is 11.3 Å². The molecule has 2 aromatic heterocycles. The maximum atomic E-state index is 12.7. The van der Waals surface area contributed by atoms with Gasteiger partial charge in [0.15, 0.2) is 0 Å². The number of rotatable bonds is 6. The molecule has 23 heavy (non-hydrogen) atoms. The summed E-state index contributed by atoms with van der Waals surface area (Å²) < 4.78 is 11.2. The van der Waals surface area contributed by atoms with Gasteiger partial charge in [0.2, 0.25) is 0 Å². The molecule has 0 aliphatic heterocycles. The van der Waals surface area contributed by atoms with Gasteiger partial charge < -0.3 is 9.47 Å². The minimum Gasteiger partial charge on any atom is -0.464 e. The standard InChI is InChI=1S/C15H18N2O5S/c1-4-10(15(20)22-6-3)17-8-16-12-11(13(17)18)9(7-23-12)14(19)21-5-2/h7-8,10H,4-6H2,1-3H3. The van der Waals surface area contributed by atoms with E-state index >= 15 is 0 Å². The van der Waals surface area contributed by atoms with Crippen molar-refractivity contribution in [1.82, 2.24) is 9.55 Å². The van der Waals surface area contributed by atoms with Gasteiger partial charge >= 0.3 is 11.9 Å². The average molecular weight is 338 g/mol. The Labute approximate surface area is 136 Å². The third-order valence-electron chi connectivity index (χ3n) is 3.30. The molecule has 0 aromatic carbocycles. The smallest absolute Gasteiger partial charge is 0.339 e. The molecule has 0 aliphatic rings. The summed E-state index contributed by atoms with van der Waals surface area (Å²) in [6, 6.07) is -0.769. The van der Waals surface area contributed by atoms with Gasteiger partial charge in [0.1, 0.15) is 10.9 Å². The van der Waals surface area contributed by atoms with E-state index in [-0.39, 0.29) is 24.2 Å². The van der Waals surface area contributed by atoms with Gasteiger partial charge in [0.25, 0.3) is 5.56 Å². The number of thiophene rings is 1. The van der Waals surface area contributed by atoms with Gasteiger partial charge in [-0.1, -0.05) is 6.92 Å². The third kappa shape index (κ3) is 3.26. The fraction of sp³-hybridized carbons (Fsp3) is 0.467. The lowest BCUT2D eigenvalue weighted by Gasteiger charge is -2.16. The molecule has 2 rings (SSSR count). The zero-order valence-electron chi connectivity index (χ0n) is 13.2. The number of aromatic nitrogens is 2. The molecule has 0 radical (unpaired) electrons. The summed E-state index contributed by atoms with van der Waals surface area (Å²) in [5.74, 6) is -1.06. The lowest BCUT2D eigenvalue weighted by atomic mass is 10.2. The Kier molecular flexibility index (Phi) is 5.49. The maximum Gasteiger partial charge on any atom is 0.339 e. The van der Waals surface area contributed by atoms with Crippen LogP contribution in [0.15, 0.2) is 16.5 Å². The first kappa shape index (κ1) is 17.1. The molecule has 0 saturated heterocycles. The lowest BCUT2D eigenvalue weighted by Crippen LogP contribution is -2.31. The Morgan fingerprint density at radius 3 is 2.57 bits per heavy atom. The quantitative estimate of drug-likeness (QED) is 0.750. The van der Waals surface area contributed by atoms with E-state index in [4.69, 9.17) is 9.47 Å². The fourth-order valence-corrected chi connectivity index (χ4v) is 3.11. The summed E-state index contributed by atoms with van der Waals surface area (Å²) in [4.78, 5) is 41.4. The summed E-state index contributed by atoms with van der Waals surface area (Å²) in [7, 11) is 0. The molecule has 124 valence electrons. The zero-order chi connectivity index (χ0) is 17.0. The Hall–Kier alpha value is -2.22. The molecule has 1 unspecified atom stereocenters. The number of hydrogen-bond donors (Lipinski definition) is 0. The lowest BCUT2D eigenvalue weighted by molar-refractivity contribution is -0.147. The highest BCUT2D eigenvalue weighted by Gasteiger charge is 2.25. The molecule has 2 heterocycles. The van der Waals surface area contributed by atoms with Crippen LogP contribution >= 0.6 is 11.3 Å². The first-order valence-corrected chi connectivity index (χ1v) is 8.25. The fourth-order valence-electron chi connectivity index (χ4n) is 2.24. The highest BCUT2D eigenvalue weighted by Crippen LogP contribution is 2.23. The summed E-state index contributed by atoms with van der Waals surface area (Å²) in [6.45, 7) is 5.61. The Morgan fingerprint density at radius 2 is 1.96 bits per heavy atom. The molecule has 0 spiro atoms.